The molecule has 1 aromatic heterocycles. The number of carbonyl (C=O) groups excluding carboxylic acids is 1. The molecule has 1 fully saturated rings. The zero-order valence-electron chi connectivity index (χ0n) is 12.8. The second kappa shape index (κ2) is 7.55. The minimum Gasteiger partial charge on any atom is -0.366 e. The van der Waals surface area contributed by atoms with Gasteiger partial charge in [0.15, 0.2) is 5.82 Å². The Hall–Kier alpha value is -1.95. The number of hydrogen-bond acceptors (Lipinski definition) is 4. The van der Waals surface area contributed by atoms with E-state index >= 15 is 0 Å². The highest BCUT2D eigenvalue weighted by molar-refractivity contribution is 9.10. The van der Waals surface area contributed by atoms with E-state index in [1.807, 2.05) is 30.3 Å². The van der Waals surface area contributed by atoms with Gasteiger partial charge in [0, 0.05) is 10.5 Å². The number of hydrogen-bond donors (Lipinski definition) is 2. The second-order valence-electron chi connectivity index (χ2n) is 5.78. The van der Waals surface area contributed by atoms with Crippen molar-refractivity contribution < 1.29 is 4.79 Å². The first-order valence-electron chi connectivity index (χ1n) is 7.83. The number of carbonyl (C=O) groups is 1. The molecule has 2 aromatic rings. The molecule has 2 N–H and O–H groups in total. The van der Waals surface area contributed by atoms with Crippen LogP contribution in [0.1, 0.15) is 31.2 Å². The minimum atomic E-state index is -0.0990. The highest BCUT2D eigenvalue weighted by Gasteiger charge is 2.15. The summed E-state index contributed by atoms with van der Waals surface area (Å²) < 4.78 is 0.998. The van der Waals surface area contributed by atoms with Gasteiger partial charge in [0.1, 0.15) is 5.82 Å². The lowest BCUT2D eigenvalue weighted by atomic mass is 10.1. The SMILES string of the molecule is O=C(Cc1ccc(Br)cc1)Nc1ccc(NC2CCCC2)nn1. The number of benzene rings is 1. The lowest BCUT2D eigenvalue weighted by Gasteiger charge is -2.12. The zero-order chi connectivity index (χ0) is 16.1. The predicted molar refractivity (Wildman–Crippen MR) is 94.4 cm³/mol. The van der Waals surface area contributed by atoms with Crippen LogP contribution in [0.25, 0.3) is 0 Å². The fraction of sp³-hybridized carbons (Fsp3) is 0.353. The largest absolute Gasteiger partial charge is 0.366 e. The molecular formula is C17H19BrN4O. The molecule has 0 spiro atoms. The number of anilines is 2. The van der Waals surface area contributed by atoms with Gasteiger partial charge >= 0.3 is 0 Å². The van der Waals surface area contributed by atoms with Crippen molar-refractivity contribution in [2.75, 3.05) is 10.6 Å². The zero-order valence-corrected chi connectivity index (χ0v) is 14.3. The number of nitrogens with zero attached hydrogens (tertiary/aromatic N) is 2. The Bertz CT molecular complexity index is 651. The van der Waals surface area contributed by atoms with Crippen molar-refractivity contribution in [2.24, 2.45) is 0 Å². The summed E-state index contributed by atoms with van der Waals surface area (Å²) >= 11 is 3.38. The lowest BCUT2D eigenvalue weighted by Crippen LogP contribution is -2.18. The number of nitrogens with one attached hydrogen (secondary N) is 2. The van der Waals surface area contributed by atoms with Gasteiger partial charge in [0.25, 0.3) is 0 Å². The van der Waals surface area contributed by atoms with E-state index in [2.05, 4.69) is 36.8 Å². The smallest absolute Gasteiger partial charge is 0.229 e. The first-order chi connectivity index (χ1) is 11.2. The molecule has 0 bridgehead atoms. The van der Waals surface area contributed by atoms with E-state index < -0.39 is 0 Å². The third kappa shape index (κ3) is 4.76. The van der Waals surface area contributed by atoms with Crippen LogP contribution in [0.2, 0.25) is 0 Å². The van der Waals surface area contributed by atoms with E-state index in [1.165, 1.54) is 25.7 Å². The fourth-order valence-electron chi connectivity index (χ4n) is 2.73. The molecule has 6 heteroatoms. The monoisotopic (exact) mass is 374 g/mol. The van der Waals surface area contributed by atoms with Gasteiger partial charge in [-0.3, -0.25) is 4.79 Å². The average Bonchev–Trinajstić information content (AvgIpc) is 3.04. The highest BCUT2D eigenvalue weighted by Crippen LogP contribution is 2.21. The molecular weight excluding hydrogens is 356 g/mol. The van der Waals surface area contributed by atoms with Crippen molar-refractivity contribution in [1.29, 1.82) is 0 Å². The summed E-state index contributed by atoms with van der Waals surface area (Å²) in [6.45, 7) is 0. The van der Waals surface area contributed by atoms with Crippen LogP contribution < -0.4 is 10.6 Å². The van der Waals surface area contributed by atoms with E-state index in [1.54, 1.807) is 6.07 Å². The number of amides is 1. The van der Waals surface area contributed by atoms with Crippen LogP contribution >= 0.6 is 15.9 Å². The Morgan fingerprint density at radius 3 is 2.35 bits per heavy atom. The summed E-state index contributed by atoms with van der Waals surface area (Å²) in [5.41, 5.74) is 0.957. The predicted octanol–water partition coefficient (Wildman–Crippen LogP) is 3.77. The number of halogens is 1. The van der Waals surface area contributed by atoms with Gasteiger partial charge in [-0.15, -0.1) is 10.2 Å². The molecule has 1 heterocycles. The van der Waals surface area contributed by atoms with E-state index in [0.29, 0.717) is 18.3 Å². The minimum absolute atomic E-state index is 0.0990. The summed E-state index contributed by atoms with van der Waals surface area (Å²) in [5, 5.41) is 14.3. The van der Waals surface area contributed by atoms with Gasteiger partial charge in [-0.2, -0.15) is 0 Å². The molecule has 1 aliphatic rings. The molecule has 23 heavy (non-hydrogen) atoms. The van der Waals surface area contributed by atoms with E-state index in [4.69, 9.17) is 0 Å². The third-order valence-corrected chi connectivity index (χ3v) is 4.45. The van der Waals surface area contributed by atoms with E-state index in [0.717, 1.165) is 15.9 Å². The first-order valence-corrected chi connectivity index (χ1v) is 8.63. The fourth-order valence-corrected chi connectivity index (χ4v) is 2.99. The van der Waals surface area contributed by atoms with Gasteiger partial charge in [0.05, 0.1) is 6.42 Å². The quantitative estimate of drug-likeness (QED) is 0.835. The van der Waals surface area contributed by atoms with E-state index in [-0.39, 0.29) is 5.91 Å². The first kappa shape index (κ1) is 15.9. The van der Waals surface area contributed by atoms with Gasteiger partial charge in [-0.1, -0.05) is 40.9 Å². The van der Waals surface area contributed by atoms with Crippen LogP contribution in [0, 0.1) is 0 Å². The lowest BCUT2D eigenvalue weighted by molar-refractivity contribution is -0.115. The van der Waals surface area contributed by atoms with Crippen molar-refractivity contribution >= 4 is 33.5 Å². The molecule has 0 saturated heterocycles. The third-order valence-electron chi connectivity index (χ3n) is 3.92. The molecule has 1 aliphatic carbocycles. The van der Waals surface area contributed by atoms with Gasteiger partial charge in [-0.05, 0) is 42.7 Å². The molecule has 0 radical (unpaired) electrons. The molecule has 0 atom stereocenters. The maximum atomic E-state index is 12.0. The van der Waals surface area contributed by atoms with Gasteiger partial charge < -0.3 is 10.6 Å². The topological polar surface area (TPSA) is 66.9 Å². The summed E-state index contributed by atoms with van der Waals surface area (Å²) in [6.07, 6.45) is 5.24. The van der Waals surface area contributed by atoms with Gasteiger partial charge in [-0.25, -0.2) is 0 Å². The standard InChI is InChI=1S/C17H19BrN4O/c18-13-7-5-12(6-8-13)11-17(23)20-16-10-9-15(21-22-16)19-14-3-1-2-4-14/h5-10,14H,1-4,11H2,(H,19,21)(H,20,22,23). The molecule has 5 nitrogen and oxygen atoms in total. The maximum absolute atomic E-state index is 12.0. The summed E-state index contributed by atoms with van der Waals surface area (Å²) in [5.74, 6) is 1.14. The number of rotatable bonds is 5. The molecule has 1 amide bonds. The van der Waals surface area contributed by atoms with Gasteiger partial charge in [0.2, 0.25) is 5.91 Å². The van der Waals surface area contributed by atoms with E-state index in [9.17, 15) is 4.79 Å². The second-order valence-corrected chi connectivity index (χ2v) is 6.70. The normalized spacial score (nSPS) is 14.7. The van der Waals surface area contributed by atoms with Crippen LogP contribution in [0.5, 0.6) is 0 Å². The van der Waals surface area contributed by atoms with Crippen LogP contribution in [0.4, 0.5) is 11.6 Å². The summed E-state index contributed by atoms with van der Waals surface area (Å²) in [6, 6.07) is 11.8. The van der Waals surface area contributed by atoms with Crippen molar-refractivity contribution in [3.05, 3.63) is 46.4 Å². The Morgan fingerprint density at radius 2 is 1.70 bits per heavy atom. The molecule has 1 aromatic carbocycles. The molecule has 1 saturated carbocycles. The Balaban J connectivity index is 1.52. The summed E-state index contributed by atoms with van der Waals surface area (Å²) in [7, 11) is 0. The Kier molecular flexibility index (Phi) is 5.23. The van der Waals surface area contributed by atoms with Crippen molar-refractivity contribution in [3.8, 4) is 0 Å². The molecule has 120 valence electrons. The molecule has 0 aliphatic heterocycles. The van der Waals surface area contributed by atoms with Crippen LogP contribution in [-0.4, -0.2) is 22.1 Å². The van der Waals surface area contributed by atoms with Crippen LogP contribution in [0.15, 0.2) is 40.9 Å². The molecule has 0 unspecified atom stereocenters. The Morgan fingerprint density at radius 1 is 1.04 bits per heavy atom. The highest BCUT2D eigenvalue weighted by atomic mass is 79.9. The van der Waals surface area contributed by atoms with Crippen LogP contribution in [0.3, 0.4) is 0 Å². The van der Waals surface area contributed by atoms with Crippen LogP contribution in [-0.2, 0) is 11.2 Å². The summed E-state index contributed by atoms with van der Waals surface area (Å²) in [4.78, 5) is 12.0. The Labute approximate surface area is 144 Å². The van der Waals surface area contributed by atoms with Crippen molar-refractivity contribution in [3.63, 3.8) is 0 Å². The molecule has 3 rings (SSSR count). The van der Waals surface area contributed by atoms with Crippen molar-refractivity contribution in [2.45, 2.75) is 38.1 Å². The number of aromatic nitrogens is 2. The average molecular weight is 375 g/mol. The van der Waals surface area contributed by atoms with Crippen molar-refractivity contribution in [1.82, 2.24) is 10.2 Å². The maximum Gasteiger partial charge on any atom is 0.229 e.